The second-order valence-electron chi connectivity index (χ2n) is 8.59. The summed E-state index contributed by atoms with van der Waals surface area (Å²) in [6.45, 7) is 9.26. The van der Waals surface area contributed by atoms with Crippen LogP contribution in [0.2, 0.25) is 0 Å². The van der Waals surface area contributed by atoms with Crippen LogP contribution in [0.5, 0.6) is 0 Å². The number of aryl methyl sites for hydroxylation is 1. The van der Waals surface area contributed by atoms with Crippen molar-refractivity contribution in [3.8, 4) is 0 Å². The molecule has 1 aliphatic heterocycles. The molecule has 0 aliphatic carbocycles. The van der Waals surface area contributed by atoms with Gasteiger partial charge in [0.15, 0.2) is 5.78 Å². The van der Waals surface area contributed by atoms with E-state index in [-0.39, 0.29) is 17.5 Å². The number of nitrogens with two attached hydrogens (primary N) is 1. The molecule has 1 unspecified atom stereocenters. The molecule has 1 saturated heterocycles. The Morgan fingerprint density at radius 2 is 1.61 bits per heavy atom. The number of halogens is 2. The number of likely N-dealkylation sites (tertiary alicyclic amines) is 1. The summed E-state index contributed by atoms with van der Waals surface area (Å²) in [5, 5.41) is 0. The molecule has 1 aromatic heterocycles. The third kappa shape index (κ3) is 7.61. The second-order valence-corrected chi connectivity index (χ2v) is 8.59. The molecule has 0 saturated carbocycles. The summed E-state index contributed by atoms with van der Waals surface area (Å²) in [6.07, 6.45) is 3.93. The largest absolute Gasteiger partial charge is 0.383 e. The van der Waals surface area contributed by atoms with Crippen molar-refractivity contribution in [3.63, 3.8) is 0 Å². The zero-order valence-corrected chi connectivity index (χ0v) is 22.1. The van der Waals surface area contributed by atoms with Gasteiger partial charge in [-0.15, -0.1) is 0 Å². The van der Waals surface area contributed by atoms with Gasteiger partial charge in [0.25, 0.3) is 0 Å². The Hall–Kier alpha value is -4.27. The molecule has 2 heterocycles. The molecule has 1 atom stereocenters. The molecule has 1 amide bonds. The van der Waals surface area contributed by atoms with Gasteiger partial charge in [0.05, 0.1) is 24.1 Å². The predicted molar refractivity (Wildman–Crippen MR) is 147 cm³/mol. The number of aliphatic imine (C=N–C) groups is 1. The highest BCUT2D eigenvalue weighted by atomic mass is 19.1. The van der Waals surface area contributed by atoms with E-state index < -0.39 is 0 Å². The van der Waals surface area contributed by atoms with E-state index in [1.165, 1.54) is 36.7 Å². The quantitative estimate of drug-likeness (QED) is 0.294. The van der Waals surface area contributed by atoms with Crippen molar-refractivity contribution in [2.24, 2.45) is 10.9 Å². The summed E-state index contributed by atoms with van der Waals surface area (Å²) in [7, 11) is 2.17. The first kappa shape index (κ1) is 30.0. The van der Waals surface area contributed by atoms with Crippen molar-refractivity contribution in [1.82, 2.24) is 14.9 Å². The van der Waals surface area contributed by atoms with E-state index in [2.05, 4.69) is 28.5 Å². The van der Waals surface area contributed by atoms with Crippen LogP contribution in [0, 0.1) is 18.7 Å². The molecule has 9 heteroatoms. The molecule has 0 radical (unpaired) electrons. The minimum absolute atomic E-state index is 0.0735. The molecule has 1 aliphatic rings. The number of nitrogen functional groups attached to an aromatic ring is 1. The summed E-state index contributed by atoms with van der Waals surface area (Å²) in [6, 6.07) is 12.5. The minimum Gasteiger partial charge on any atom is -0.383 e. The number of carbonyl (C=O) groups excluding carboxylic acids is 2. The Labute approximate surface area is 222 Å². The van der Waals surface area contributed by atoms with Gasteiger partial charge < -0.3 is 10.6 Å². The lowest BCUT2D eigenvalue weighted by Gasteiger charge is -2.11. The fourth-order valence-corrected chi connectivity index (χ4v) is 3.98. The van der Waals surface area contributed by atoms with Gasteiger partial charge in [0.1, 0.15) is 18.0 Å². The number of amides is 1. The lowest BCUT2D eigenvalue weighted by Crippen LogP contribution is -2.26. The average molecular weight is 522 g/mol. The fraction of sp³-hybridized carbons (Fsp3) is 0.276. The van der Waals surface area contributed by atoms with Crippen molar-refractivity contribution in [1.29, 1.82) is 0 Å². The molecule has 38 heavy (non-hydrogen) atoms. The van der Waals surface area contributed by atoms with E-state index in [1.54, 1.807) is 31.3 Å². The Morgan fingerprint density at radius 1 is 1.05 bits per heavy atom. The van der Waals surface area contributed by atoms with E-state index in [4.69, 9.17) is 5.73 Å². The topological polar surface area (TPSA) is 102 Å². The van der Waals surface area contributed by atoms with Crippen molar-refractivity contribution in [3.05, 3.63) is 101 Å². The molecule has 4 rings (SSSR count). The van der Waals surface area contributed by atoms with Crippen molar-refractivity contribution < 1.29 is 18.4 Å². The maximum absolute atomic E-state index is 13.0. The van der Waals surface area contributed by atoms with Crippen LogP contribution in [-0.2, 0) is 4.79 Å². The van der Waals surface area contributed by atoms with E-state index in [1.807, 2.05) is 11.8 Å². The van der Waals surface area contributed by atoms with Crippen molar-refractivity contribution in [2.75, 3.05) is 33.0 Å². The number of hydrogen-bond acceptors (Lipinski definition) is 6. The van der Waals surface area contributed by atoms with Gasteiger partial charge >= 0.3 is 0 Å². The minimum atomic E-state index is -0.376. The number of nitrogens with zero attached hydrogens (tertiary/aromatic N) is 4. The molecule has 7 nitrogen and oxygen atoms in total. The monoisotopic (exact) mass is 521 g/mol. The average Bonchev–Trinajstić information content (AvgIpc) is 3.38. The zero-order valence-electron chi connectivity index (χ0n) is 22.1. The summed E-state index contributed by atoms with van der Waals surface area (Å²) in [4.78, 5) is 37.8. The predicted octanol–water partition coefficient (Wildman–Crippen LogP) is 4.83. The first-order valence-electron chi connectivity index (χ1n) is 12.0. The van der Waals surface area contributed by atoms with Gasteiger partial charge in [0, 0.05) is 36.8 Å². The number of ketones is 1. The molecule has 3 aromatic rings. The van der Waals surface area contributed by atoms with E-state index in [0.29, 0.717) is 41.3 Å². The van der Waals surface area contributed by atoms with Crippen LogP contribution in [0.3, 0.4) is 0 Å². The van der Waals surface area contributed by atoms with Crippen LogP contribution in [0.15, 0.2) is 72.5 Å². The number of alkyl halides is 1. The fourth-order valence-electron chi connectivity index (χ4n) is 3.98. The second kappa shape index (κ2) is 14.5. The Bertz CT molecular complexity index is 1250. The van der Waals surface area contributed by atoms with E-state index in [9.17, 15) is 18.4 Å². The van der Waals surface area contributed by atoms with Crippen molar-refractivity contribution in [2.45, 2.75) is 20.3 Å². The van der Waals surface area contributed by atoms with Crippen LogP contribution in [0.4, 0.5) is 14.6 Å². The third-order valence-electron chi connectivity index (χ3n) is 5.96. The standard InChI is InChI=1S/C20H17FN4O.C8H13NO.CH3F/c1-12-17(20(22)25-11-24-12)18(23-2)13-3-5-14(6-4-13)19(26)15-7-9-16(21)10-8-15;1-3-8(10)9-5-4-7(2)6-9;1-2/h3-11H,1-2H3,(H2,22,24,25);3,7H,1,4-6H2,2H3;1H3. The van der Waals surface area contributed by atoms with Gasteiger partial charge in [-0.05, 0) is 49.6 Å². The number of anilines is 1. The number of rotatable bonds is 5. The van der Waals surface area contributed by atoms with E-state index >= 15 is 0 Å². The molecular formula is C29H33F2N5O2. The first-order chi connectivity index (χ1) is 18.2. The number of benzene rings is 2. The SMILES string of the molecule is C=CC(=O)N1CCC(C)C1.CF.CN=C(c1ccc(C(=O)c2ccc(F)cc2)cc1)c1c(C)ncnc1N. The maximum atomic E-state index is 13.0. The van der Waals surface area contributed by atoms with Crippen LogP contribution in [0.1, 0.15) is 46.1 Å². The number of hydrogen-bond donors (Lipinski definition) is 1. The lowest BCUT2D eigenvalue weighted by molar-refractivity contribution is -0.125. The number of carbonyl (C=O) groups is 2. The van der Waals surface area contributed by atoms with Crippen LogP contribution < -0.4 is 5.73 Å². The van der Waals surface area contributed by atoms with Gasteiger partial charge in [-0.1, -0.05) is 37.8 Å². The summed E-state index contributed by atoms with van der Waals surface area (Å²) >= 11 is 0. The Morgan fingerprint density at radius 3 is 2.08 bits per heavy atom. The Balaban J connectivity index is 0.000000353. The molecule has 2 N–H and O–H groups in total. The number of aromatic nitrogens is 2. The highest BCUT2D eigenvalue weighted by Crippen LogP contribution is 2.20. The van der Waals surface area contributed by atoms with Gasteiger partial charge in [-0.2, -0.15) is 0 Å². The highest BCUT2D eigenvalue weighted by Gasteiger charge is 2.20. The maximum Gasteiger partial charge on any atom is 0.245 e. The van der Waals surface area contributed by atoms with E-state index in [0.717, 1.165) is 30.8 Å². The Kier molecular flexibility index (Phi) is 11.4. The van der Waals surface area contributed by atoms with Crippen LogP contribution in [0.25, 0.3) is 0 Å². The molecule has 1 fully saturated rings. The van der Waals surface area contributed by atoms with Crippen molar-refractivity contribution >= 4 is 23.2 Å². The zero-order chi connectivity index (χ0) is 28.2. The smallest absolute Gasteiger partial charge is 0.245 e. The lowest BCUT2D eigenvalue weighted by atomic mass is 9.97. The highest BCUT2D eigenvalue weighted by molar-refractivity contribution is 6.16. The van der Waals surface area contributed by atoms with Crippen LogP contribution >= 0.6 is 0 Å². The molecule has 0 spiro atoms. The van der Waals surface area contributed by atoms with Crippen LogP contribution in [-0.4, -0.2) is 59.6 Å². The summed E-state index contributed by atoms with van der Waals surface area (Å²) in [5.74, 6) is 0.543. The van der Waals surface area contributed by atoms with Gasteiger partial charge in [0.2, 0.25) is 5.91 Å². The molecular weight excluding hydrogens is 488 g/mol. The van der Waals surface area contributed by atoms with Gasteiger partial charge in [-0.25, -0.2) is 14.4 Å². The molecule has 0 bridgehead atoms. The third-order valence-corrected chi connectivity index (χ3v) is 5.96. The first-order valence-corrected chi connectivity index (χ1v) is 12.0. The molecule has 2 aromatic carbocycles. The van der Waals surface area contributed by atoms with Gasteiger partial charge in [-0.3, -0.25) is 19.0 Å². The normalized spacial score (nSPS) is 14.5. The summed E-state index contributed by atoms with van der Waals surface area (Å²) < 4.78 is 22.5. The molecule has 200 valence electrons. The summed E-state index contributed by atoms with van der Waals surface area (Å²) in [5.41, 5.74) is 9.77.